The van der Waals surface area contributed by atoms with E-state index in [1.807, 2.05) is 42.1 Å². The Labute approximate surface area is 128 Å². The molecule has 5 heteroatoms. The molecule has 0 aliphatic rings. The molecule has 3 rings (SSSR count). The highest BCUT2D eigenvalue weighted by atomic mass is 16.3. The van der Waals surface area contributed by atoms with Crippen LogP contribution in [0.4, 0.5) is 5.69 Å². The first-order valence-corrected chi connectivity index (χ1v) is 7.05. The molecule has 0 atom stereocenters. The minimum atomic E-state index is -0.133. The Morgan fingerprint density at radius 3 is 2.91 bits per heavy atom. The highest BCUT2D eigenvalue weighted by Crippen LogP contribution is 2.21. The molecule has 112 valence electrons. The van der Waals surface area contributed by atoms with E-state index in [-0.39, 0.29) is 18.9 Å². The monoisotopic (exact) mass is 295 g/mol. The van der Waals surface area contributed by atoms with Crippen molar-refractivity contribution >= 4 is 22.5 Å². The summed E-state index contributed by atoms with van der Waals surface area (Å²) in [5, 5.41) is 13.2. The number of aromatic nitrogens is 2. The SMILES string of the molecule is Cn1cc(CC(=O)Nc2cnccc2CO)c2ccccc21. The Morgan fingerprint density at radius 2 is 2.09 bits per heavy atom. The lowest BCUT2D eigenvalue weighted by Gasteiger charge is -2.08. The third kappa shape index (κ3) is 2.71. The molecule has 5 nitrogen and oxygen atoms in total. The number of aliphatic hydroxyl groups excluding tert-OH is 1. The fourth-order valence-corrected chi connectivity index (χ4v) is 2.61. The number of carbonyl (C=O) groups excluding carboxylic acids is 1. The van der Waals surface area contributed by atoms with Gasteiger partial charge in [-0.15, -0.1) is 0 Å². The van der Waals surface area contributed by atoms with Crippen LogP contribution in [-0.2, 0) is 24.9 Å². The number of benzene rings is 1. The number of aryl methyl sites for hydroxylation is 1. The fraction of sp³-hybridized carbons (Fsp3) is 0.176. The number of anilines is 1. The Morgan fingerprint density at radius 1 is 1.27 bits per heavy atom. The van der Waals surface area contributed by atoms with Gasteiger partial charge in [0.25, 0.3) is 0 Å². The number of aliphatic hydroxyl groups is 1. The molecule has 1 aromatic carbocycles. The number of pyridine rings is 1. The van der Waals surface area contributed by atoms with E-state index in [0.717, 1.165) is 16.5 Å². The number of nitrogens with one attached hydrogen (secondary N) is 1. The van der Waals surface area contributed by atoms with Gasteiger partial charge < -0.3 is 15.0 Å². The van der Waals surface area contributed by atoms with Crippen molar-refractivity contribution in [2.75, 3.05) is 5.32 Å². The molecule has 2 N–H and O–H groups in total. The molecule has 0 saturated carbocycles. The summed E-state index contributed by atoms with van der Waals surface area (Å²) in [4.78, 5) is 16.3. The molecular formula is C17H17N3O2. The van der Waals surface area contributed by atoms with Crippen molar-refractivity contribution in [1.29, 1.82) is 0 Å². The van der Waals surface area contributed by atoms with Crippen molar-refractivity contribution in [1.82, 2.24) is 9.55 Å². The second-order valence-electron chi connectivity index (χ2n) is 5.20. The van der Waals surface area contributed by atoms with Crippen LogP contribution in [-0.4, -0.2) is 20.6 Å². The van der Waals surface area contributed by atoms with Crippen molar-refractivity contribution in [3.8, 4) is 0 Å². The van der Waals surface area contributed by atoms with Gasteiger partial charge in [0.05, 0.1) is 24.9 Å². The first-order valence-electron chi connectivity index (χ1n) is 7.05. The summed E-state index contributed by atoms with van der Waals surface area (Å²) in [5.41, 5.74) is 3.28. The highest BCUT2D eigenvalue weighted by molar-refractivity contribution is 5.96. The van der Waals surface area contributed by atoms with Crippen LogP contribution in [0.25, 0.3) is 10.9 Å². The van der Waals surface area contributed by atoms with E-state index >= 15 is 0 Å². The molecule has 22 heavy (non-hydrogen) atoms. The molecule has 0 spiro atoms. The van der Waals surface area contributed by atoms with Crippen LogP contribution < -0.4 is 5.32 Å². The Bertz CT molecular complexity index is 824. The maximum absolute atomic E-state index is 12.3. The zero-order valence-corrected chi connectivity index (χ0v) is 12.3. The third-order valence-corrected chi connectivity index (χ3v) is 3.69. The van der Waals surface area contributed by atoms with E-state index in [9.17, 15) is 9.90 Å². The van der Waals surface area contributed by atoms with E-state index in [1.165, 1.54) is 0 Å². The average molecular weight is 295 g/mol. The predicted molar refractivity (Wildman–Crippen MR) is 85.4 cm³/mol. The molecule has 2 aromatic heterocycles. The molecule has 2 heterocycles. The van der Waals surface area contributed by atoms with Gasteiger partial charge in [-0.3, -0.25) is 9.78 Å². The van der Waals surface area contributed by atoms with Crippen LogP contribution in [0.3, 0.4) is 0 Å². The van der Waals surface area contributed by atoms with Crippen LogP contribution in [0, 0.1) is 0 Å². The van der Waals surface area contributed by atoms with E-state index in [4.69, 9.17) is 0 Å². The summed E-state index contributed by atoms with van der Waals surface area (Å²) in [6.07, 6.45) is 5.39. The van der Waals surface area contributed by atoms with E-state index in [1.54, 1.807) is 18.5 Å². The van der Waals surface area contributed by atoms with Crippen molar-refractivity contribution in [2.45, 2.75) is 13.0 Å². The molecular weight excluding hydrogens is 278 g/mol. The predicted octanol–water partition coefficient (Wildman–Crippen LogP) is 2.25. The maximum atomic E-state index is 12.3. The summed E-state index contributed by atoms with van der Waals surface area (Å²) in [7, 11) is 1.97. The van der Waals surface area contributed by atoms with Crippen LogP contribution in [0.2, 0.25) is 0 Å². The van der Waals surface area contributed by atoms with E-state index in [0.29, 0.717) is 11.3 Å². The number of fused-ring (bicyclic) bond motifs is 1. The summed E-state index contributed by atoms with van der Waals surface area (Å²) >= 11 is 0. The first kappa shape index (κ1) is 14.3. The van der Waals surface area contributed by atoms with Gasteiger partial charge in [-0.25, -0.2) is 0 Å². The largest absolute Gasteiger partial charge is 0.392 e. The van der Waals surface area contributed by atoms with Crippen molar-refractivity contribution in [3.05, 3.63) is 60.0 Å². The van der Waals surface area contributed by atoms with Crippen LogP contribution >= 0.6 is 0 Å². The van der Waals surface area contributed by atoms with Gasteiger partial charge in [-0.2, -0.15) is 0 Å². The van der Waals surface area contributed by atoms with Crippen molar-refractivity contribution < 1.29 is 9.90 Å². The van der Waals surface area contributed by atoms with Crippen LogP contribution in [0.15, 0.2) is 48.9 Å². The van der Waals surface area contributed by atoms with Gasteiger partial charge in [0.15, 0.2) is 0 Å². The lowest BCUT2D eigenvalue weighted by molar-refractivity contribution is -0.115. The molecule has 0 aliphatic carbocycles. The Balaban J connectivity index is 1.82. The van der Waals surface area contributed by atoms with Gasteiger partial charge in [0.2, 0.25) is 5.91 Å². The van der Waals surface area contributed by atoms with Crippen LogP contribution in [0.1, 0.15) is 11.1 Å². The number of carbonyl (C=O) groups is 1. The number of amides is 1. The molecule has 0 radical (unpaired) electrons. The Hall–Kier alpha value is -2.66. The smallest absolute Gasteiger partial charge is 0.228 e. The Kier molecular flexibility index (Phi) is 3.89. The zero-order chi connectivity index (χ0) is 15.5. The number of para-hydroxylation sites is 1. The van der Waals surface area contributed by atoms with Crippen molar-refractivity contribution in [3.63, 3.8) is 0 Å². The molecule has 3 aromatic rings. The maximum Gasteiger partial charge on any atom is 0.228 e. The van der Waals surface area contributed by atoms with Gasteiger partial charge >= 0.3 is 0 Å². The minimum Gasteiger partial charge on any atom is -0.392 e. The summed E-state index contributed by atoms with van der Waals surface area (Å²) in [6.45, 7) is -0.133. The number of nitrogens with zero attached hydrogens (tertiary/aromatic N) is 2. The number of hydrogen-bond donors (Lipinski definition) is 2. The normalized spacial score (nSPS) is 10.8. The van der Waals surface area contributed by atoms with Gasteiger partial charge in [-0.05, 0) is 17.7 Å². The summed E-state index contributed by atoms with van der Waals surface area (Å²) in [5.74, 6) is -0.126. The topological polar surface area (TPSA) is 67.2 Å². The average Bonchev–Trinajstić information content (AvgIpc) is 2.84. The second kappa shape index (κ2) is 5.99. The number of hydrogen-bond acceptors (Lipinski definition) is 3. The first-order chi connectivity index (χ1) is 10.7. The second-order valence-corrected chi connectivity index (χ2v) is 5.20. The standard InChI is InChI=1S/C17H17N3O2/c1-20-10-13(14-4-2-3-5-16(14)20)8-17(22)19-15-9-18-7-6-12(15)11-21/h2-7,9-10,21H,8,11H2,1H3,(H,19,22). The lowest BCUT2D eigenvalue weighted by atomic mass is 10.1. The van der Waals surface area contributed by atoms with Gasteiger partial charge in [-0.1, -0.05) is 18.2 Å². The van der Waals surface area contributed by atoms with Crippen molar-refractivity contribution in [2.24, 2.45) is 7.05 Å². The highest BCUT2D eigenvalue weighted by Gasteiger charge is 2.12. The molecule has 0 bridgehead atoms. The van der Waals surface area contributed by atoms with Gasteiger partial charge in [0.1, 0.15) is 0 Å². The van der Waals surface area contributed by atoms with Crippen LogP contribution in [0.5, 0.6) is 0 Å². The molecule has 0 saturated heterocycles. The minimum absolute atomic E-state index is 0.126. The molecule has 0 fully saturated rings. The lowest BCUT2D eigenvalue weighted by Crippen LogP contribution is -2.15. The quantitative estimate of drug-likeness (QED) is 0.775. The zero-order valence-electron chi connectivity index (χ0n) is 12.3. The summed E-state index contributed by atoms with van der Waals surface area (Å²) < 4.78 is 2.02. The molecule has 1 amide bonds. The number of rotatable bonds is 4. The third-order valence-electron chi connectivity index (χ3n) is 3.69. The van der Waals surface area contributed by atoms with E-state index in [2.05, 4.69) is 10.3 Å². The summed E-state index contributed by atoms with van der Waals surface area (Å²) in [6, 6.07) is 9.68. The fourth-order valence-electron chi connectivity index (χ4n) is 2.61. The van der Waals surface area contributed by atoms with Gasteiger partial charge in [0, 0.05) is 35.9 Å². The molecule has 0 unspecified atom stereocenters. The molecule has 0 aliphatic heterocycles. The van der Waals surface area contributed by atoms with E-state index < -0.39 is 0 Å².